The third-order valence-electron chi connectivity index (χ3n) is 2.60. The molecule has 0 aromatic carbocycles. The predicted molar refractivity (Wildman–Crippen MR) is 74.8 cm³/mol. The van der Waals surface area contributed by atoms with Crippen molar-refractivity contribution in [1.82, 2.24) is 9.97 Å². The average Bonchev–Trinajstić information content (AvgIpc) is 2.33. The van der Waals surface area contributed by atoms with Crippen LogP contribution >= 0.6 is 0 Å². The number of aromatic nitrogens is 2. The van der Waals surface area contributed by atoms with Gasteiger partial charge in [-0.25, -0.2) is 4.98 Å². The summed E-state index contributed by atoms with van der Waals surface area (Å²) in [7, 11) is 0. The third-order valence-corrected chi connectivity index (χ3v) is 2.60. The van der Waals surface area contributed by atoms with Crippen molar-refractivity contribution >= 4 is 11.5 Å². The molecule has 18 heavy (non-hydrogen) atoms. The summed E-state index contributed by atoms with van der Waals surface area (Å²) in [6.45, 7) is 7.98. The Morgan fingerprint density at radius 3 is 2.83 bits per heavy atom. The second-order valence-corrected chi connectivity index (χ2v) is 4.75. The van der Waals surface area contributed by atoms with Crippen LogP contribution in [0.2, 0.25) is 0 Å². The van der Waals surface area contributed by atoms with E-state index in [0.29, 0.717) is 29.9 Å². The largest absolute Gasteiger partial charge is 0.476 e. The number of rotatable bonds is 8. The number of unbranched alkanes of at least 4 members (excludes halogenated alkanes) is 1. The number of nitrogens with two attached hydrogens (primary N) is 1. The number of hydrogen-bond donors (Lipinski definition) is 2. The van der Waals surface area contributed by atoms with E-state index in [9.17, 15) is 0 Å². The Labute approximate surface area is 109 Å². The number of nitrogens with zero attached hydrogens (tertiary/aromatic N) is 2. The standard InChI is InChI=1S/C13H24N4O/c1-4-5-8-18-13-11(14)12(16-9-17-13)15-7-6-10(2)3/h9-10H,4-8,14H2,1-3H3,(H,15,16,17). The van der Waals surface area contributed by atoms with Crippen LogP contribution in [0.1, 0.15) is 40.0 Å². The first kappa shape index (κ1) is 14.5. The van der Waals surface area contributed by atoms with E-state index in [1.807, 2.05) is 0 Å². The second-order valence-electron chi connectivity index (χ2n) is 4.75. The molecule has 102 valence electrons. The first-order valence-corrected chi connectivity index (χ1v) is 6.62. The Bertz CT molecular complexity index is 355. The lowest BCUT2D eigenvalue weighted by Gasteiger charge is -2.12. The molecule has 0 aliphatic heterocycles. The summed E-state index contributed by atoms with van der Waals surface area (Å²) >= 11 is 0. The van der Waals surface area contributed by atoms with E-state index in [0.717, 1.165) is 25.8 Å². The molecule has 0 amide bonds. The summed E-state index contributed by atoms with van der Waals surface area (Å²) in [5.74, 6) is 1.79. The van der Waals surface area contributed by atoms with E-state index < -0.39 is 0 Å². The SMILES string of the molecule is CCCCOc1ncnc(NCCC(C)C)c1N. The van der Waals surface area contributed by atoms with E-state index in [4.69, 9.17) is 10.5 Å². The Morgan fingerprint density at radius 1 is 1.39 bits per heavy atom. The lowest BCUT2D eigenvalue weighted by molar-refractivity contribution is 0.299. The van der Waals surface area contributed by atoms with Gasteiger partial charge in [0, 0.05) is 6.54 Å². The zero-order chi connectivity index (χ0) is 13.4. The Kier molecular flexibility index (Phi) is 6.25. The summed E-state index contributed by atoms with van der Waals surface area (Å²) in [6, 6.07) is 0. The fraction of sp³-hybridized carbons (Fsp3) is 0.692. The first-order chi connectivity index (χ1) is 8.65. The van der Waals surface area contributed by atoms with E-state index in [-0.39, 0.29) is 0 Å². The first-order valence-electron chi connectivity index (χ1n) is 6.62. The van der Waals surface area contributed by atoms with Gasteiger partial charge in [0.05, 0.1) is 6.61 Å². The Balaban J connectivity index is 2.55. The highest BCUT2D eigenvalue weighted by atomic mass is 16.5. The van der Waals surface area contributed by atoms with Crippen LogP contribution in [-0.4, -0.2) is 23.1 Å². The minimum Gasteiger partial charge on any atom is -0.476 e. The molecule has 0 radical (unpaired) electrons. The van der Waals surface area contributed by atoms with Crippen LogP contribution in [0, 0.1) is 5.92 Å². The van der Waals surface area contributed by atoms with Gasteiger partial charge in [0.25, 0.3) is 0 Å². The lowest BCUT2D eigenvalue weighted by atomic mass is 10.1. The summed E-state index contributed by atoms with van der Waals surface area (Å²) in [4.78, 5) is 8.19. The van der Waals surface area contributed by atoms with Gasteiger partial charge in [0.15, 0.2) is 5.82 Å². The Morgan fingerprint density at radius 2 is 2.17 bits per heavy atom. The van der Waals surface area contributed by atoms with Gasteiger partial charge in [-0.1, -0.05) is 27.2 Å². The summed E-state index contributed by atoms with van der Waals surface area (Å²) in [5, 5.41) is 3.22. The van der Waals surface area contributed by atoms with Crippen LogP contribution in [0.5, 0.6) is 5.88 Å². The molecule has 0 atom stereocenters. The van der Waals surface area contributed by atoms with Gasteiger partial charge in [-0.15, -0.1) is 0 Å². The van der Waals surface area contributed by atoms with Crippen LogP contribution in [-0.2, 0) is 0 Å². The molecule has 1 heterocycles. The lowest BCUT2D eigenvalue weighted by Crippen LogP contribution is -2.10. The minimum atomic E-state index is 0.477. The molecule has 0 fully saturated rings. The number of hydrogen-bond acceptors (Lipinski definition) is 5. The van der Waals surface area contributed by atoms with Crippen molar-refractivity contribution in [3.8, 4) is 5.88 Å². The third kappa shape index (κ3) is 4.77. The van der Waals surface area contributed by atoms with Crippen LogP contribution in [0.4, 0.5) is 11.5 Å². The van der Waals surface area contributed by atoms with E-state index in [1.165, 1.54) is 6.33 Å². The van der Waals surface area contributed by atoms with Gasteiger partial charge >= 0.3 is 0 Å². The number of ether oxygens (including phenoxy) is 1. The maximum Gasteiger partial charge on any atom is 0.242 e. The van der Waals surface area contributed by atoms with Crippen LogP contribution in [0.3, 0.4) is 0 Å². The molecule has 1 rings (SSSR count). The van der Waals surface area contributed by atoms with Gasteiger partial charge in [-0.05, 0) is 18.8 Å². The van der Waals surface area contributed by atoms with Crippen LogP contribution < -0.4 is 15.8 Å². The van der Waals surface area contributed by atoms with Crippen molar-refractivity contribution in [2.75, 3.05) is 24.2 Å². The van der Waals surface area contributed by atoms with Crippen molar-refractivity contribution in [2.24, 2.45) is 5.92 Å². The molecule has 0 aliphatic carbocycles. The normalized spacial score (nSPS) is 10.7. The van der Waals surface area contributed by atoms with Crippen molar-refractivity contribution in [1.29, 1.82) is 0 Å². The number of anilines is 2. The van der Waals surface area contributed by atoms with Gasteiger partial charge < -0.3 is 15.8 Å². The van der Waals surface area contributed by atoms with Crippen molar-refractivity contribution in [2.45, 2.75) is 40.0 Å². The fourth-order valence-electron chi connectivity index (χ4n) is 1.43. The van der Waals surface area contributed by atoms with Crippen molar-refractivity contribution in [3.05, 3.63) is 6.33 Å². The number of nitrogens with one attached hydrogen (secondary N) is 1. The molecule has 1 aromatic heterocycles. The summed E-state index contributed by atoms with van der Waals surface area (Å²) < 4.78 is 5.53. The highest BCUT2D eigenvalue weighted by molar-refractivity contribution is 5.66. The van der Waals surface area contributed by atoms with E-state index in [1.54, 1.807) is 0 Å². The zero-order valence-corrected chi connectivity index (χ0v) is 11.6. The van der Waals surface area contributed by atoms with Gasteiger partial charge in [-0.3, -0.25) is 0 Å². The zero-order valence-electron chi connectivity index (χ0n) is 11.6. The molecule has 1 aromatic rings. The molecule has 0 saturated heterocycles. The predicted octanol–water partition coefficient (Wildman–Crippen LogP) is 2.70. The molecule has 5 heteroatoms. The molecule has 5 nitrogen and oxygen atoms in total. The molecular weight excluding hydrogens is 228 g/mol. The Hall–Kier alpha value is -1.52. The molecular formula is C13H24N4O. The topological polar surface area (TPSA) is 73.1 Å². The van der Waals surface area contributed by atoms with Crippen molar-refractivity contribution < 1.29 is 4.74 Å². The van der Waals surface area contributed by atoms with Crippen LogP contribution in [0.25, 0.3) is 0 Å². The monoisotopic (exact) mass is 252 g/mol. The highest BCUT2D eigenvalue weighted by Gasteiger charge is 2.08. The van der Waals surface area contributed by atoms with Crippen molar-refractivity contribution in [3.63, 3.8) is 0 Å². The highest BCUT2D eigenvalue weighted by Crippen LogP contribution is 2.24. The quantitative estimate of drug-likeness (QED) is 0.696. The van der Waals surface area contributed by atoms with Gasteiger partial charge in [-0.2, -0.15) is 4.98 Å². The van der Waals surface area contributed by atoms with E-state index >= 15 is 0 Å². The maximum absolute atomic E-state index is 5.97. The minimum absolute atomic E-state index is 0.477. The fourth-order valence-corrected chi connectivity index (χ4v) is 1.43. The molecule has 0 spiro atoms. The molecule has 0 saturated carbocycles. The van der Waals surface area contributed by atoms with E-state index in [2.05, 4.69) is 36.1 Å². The molecule has 3 N–H and O–H groups in total. The molecule has 0 bridgehead atoms. The smallest absolute Gasteiger partial charge is 0.242 e. The van der Waals surface area contributed by atoms with Gasteiger partial charge in [0.2, 0.25) is 5.88 Å². The second kappa shape index (κ2) is 7.74. The summed E-state index contributed by atoms with van der Waals surface area (Å²) in [5.41, 5.74) is 6.47. The maximum atomic E-state index is 5.97. The molecule has 0 unspecified atom stereocenters. The number of nitrogen functional groups attached to an aromatic ring is 1. The van der Waals surface area contributed by atoms with Gasteiger partial charge in [0.1, 0.15) is 12.0 Å². The molecule has 0 aliphatic rings. The summed E-state index contributed by atoms with van der Waals surface area (Å²) in [6.07, 6.45) is 4.65. The average molecular weight is 252 g/mol. The van der Waals surface area contributed by atoms with Crippen LogP contribution in [0.15, 0.2) is 6.33 Å².